The third kappa shape index (κ3) is 4.91. The van der Waals surface area contributed by atoms with Gasteiger partial charge in [-0.05, 0) is 0 Å². The number of amides is 1. The van der Waals surface area contributed by atoms with Crippen molar-refractivity contribution in [2.24, 2.45) is 0 Å². The Labute approximate surface area is 180 Å². The number of hydrogen-bond donors (Lipinski definition) is 2. The van der Waals surface area contributed by atoms with Crippen LogP contribution in [0.3, 0.4) is 0 Å². The first-order chi connectivity index (χ1) is 15.1. The highest BCUT2D eigenvalue weighted by Gasteiger charge is 2.48. The molecule has 14 heteroatoms. The Morgan fingerprint density at radius 2 is 1.69 bits per heavy atom. The molecule has 1 amide bonds. The summed E-state index contributed by atoms with van der Waals surface area (Å²) in [6, 6.07) is 0. The topological polar surface area (TPSA) is 181 Å². The van der Waals surface area contributed by atoms with Crippen molar-refractivity contribution in [2.45, 2.75) is 52.2 Å². The van der Waals surface area contributed by atoms with Crippen LogP contribution >= 0.6 is 0 Å². The molecule has 14 nitrogen and oxygen atoms in total. The van der Waals surface area contributed by atoms with Crippen molar-refractivity contribution in [3.8, 4) is 0 Å². The fraction of sp³-hybridized carbons (Fsp3) is 0.500. The number of nitrogens with zero attached hydrogens (tertiary/aromatic N) is 3. The van der Waals surface area contributed by atoms with Gasteiger partial charge in [-0.3, -0.25) is 38.8 Å². The predicted molar refractivity (Wildman–Crippen MR) is 104 cm³/mol. The van der Waals surface area contributed by atoms with Crippen molar-refractivity contribution in [1.29, 1.82) is 0 Å². The predicted octanol–water partition coefficient (Wildman–Crippen LogP) is -0.598. The quantitative estimate of drug-likeness (QED) is 0.437. The Balaban J connectivity index is 2.09. The monoisotopic (exact) mass is 451 g/mol. The molecule has 2 aromatic heterocycles. The highest BCUT2D eigenvalue weighted by Crippen LogP contribution is 2.32. The molecule has 0 bridgehead atoms. The van der Waals surface area contributed by atoms with E-state index in [9.17, 15) is 24.0 Å². The van der Waals surface area contributed by atoms with Gasteiger partial charge in [0.25, 0.3) is 5.56 Å². The number of hydrogen-bond acceptors (Lipinski definition) is 11. The lowest BCUT2D eigenvalue weighted by atomic mass is 10.0. The van der Waals surface area contributed by atoms with Gasteiger partial charge in [-0.25, -0.2) is 4.98 Å². The average Bonchev–Trinajstić information content (AvgIpc) is 3.07. The zero-order chi connectivity index (χ0) is 23.6. The molecule has 1 aliphatic heterocycles. The van der Waals surface area contributed by atoms with Gasteiger partial charge in [-0.1, -0.05) is 0 Å². The summed E-state index contributed by atoms with van der Waals surface area (Å²) in [5.74, 6) is -2.69. The Morgan fingerprint density at radius 3 is 2.28 bits per heavy atom. The minimum Gasteiger partial charge on any atom is -0.456 e. The molecule has 3 heterocycles. The molecule has 0 spiro atoms. The molecule has 2 N–H and O–H groups in total. The SMILES string of the molecule is CC(=O)Nc1nc2c(ncn2[C@@H]2OC[C@@H](OC(C)=O)[C@@H](OC(C)=O)[C@H]2OC(C)=O)c(=O)[nH]1. The average molecular weight is 451 g/mol. The molecule has 1 saturated heterocycles. The lowest BCUT2D eigenvalue weighted by Crippen LogP contribution is -2.55. The Bertz CT molecular complexity index is 1120. The number of carbonyl (C=O) groups excluding carboxylic acids is 4. The standard InChI is InChI=1S/C18H21N5O9/c1-7(24)20-18-21-15-12(16(28)22-18)19-6-23(15)17-14(32-10(4)27)13(31-9(3)26)11(5-29-17)30-8(2)25/h6,11,13-14,17H,5H2,1-4H3,(H2,20,21,22,24,28)/t11-,13-,14-,17-/m1/s1. The number of fused-ring (bicyclic) bond motifs is 1. The summed E-state index contributed by atoms with van der Waals surface area (Å²) in [5.41, 5.74) is -0.700. The number of nitrogens with one attached hydrogen (secondary N) is 2. The second kappa shape index (κ2) is 9.13. The number of aromatic amines is 1. The maximum absolute atomic E-state index is 12.3. The van der Waals surface area contributed by atoms with Gasteiger partial charge in [-0.2, -0.15) is 4.98 Å². The summed E-state index contributed by atoms with van der Waals surface area (Å²) in [6.07, 6.45) is -3.48. The van der Waals surface area contributed by atoms with Crippen molar-refractivity contribution in [1.82, 2.24) is 19.5 Å². The van der Waals surface area contributed by atoms with E-state index in [2.05, 4.69) is 20.3 Å². The van der Waals surface area contributed by atoms with E-state index < -0.39 is 53.9 Å². The summed E-state index contributed by atoms with van der Waals surface area (Å²) < 4.78 is 22.9. The first-order valence-electron chi connectivity index (χ1n) is 9.44. The third-order valence-corrected chi connectivity index (χ3v) is 4.32. The Hall–Kier alpha value is -3.81. The van der Waals surface area contributed by atoms with E-state index >= 15 is 0 Å². The molecule has 32 heavy (non-hydrogen) atoms. The summed E-state index contributed by atoms with van der Waals surface area (Å²) in [6.45, 7) is 4.47. The molecule has 2 aromatic rings. The van der Waals surface area contributed by atoms with Gasteiger partial charge in [-0.15, -0.1) is 0 Å². The van der Waals surface area contributed by atoms with Crippen LogP contribution in [0.5, 0.6) is 0 Å². The summed E-state index contributed by atoms with van der Waals surface area (Å²) >= 11 is 0. The van der Waals surface area contributed by atoms with Crippen LogP contribution < -0.4 is 10.9 Å². The zero-order valence-electron chi connectivity index (χ0n) is 17.6. The molecule has 0 aromatic carbocycles. The van der Waals surface area contributed by atoms with Crippen molar-refractivity contribution < 1.29 is 38.1 Å². The minimum atomic E-state index is -1.28. The number of aromatic nitrogens is 4. The van der Waals surface area contributed by atoms with E-state index in [4.69, 9.17) is 18.9 Å². The fourth-order valence-electron chi connectivity index (χ4n) is 3.30. The zero-order valence-corrected chi connectivity index (χ0v) is 17.6. The van der Waals surface area contributed by atoms with Crippen LogP contribution in [0, 0.1) is 0 Å². The number of carbonyl (C=O) groups is 4. The molecule has 4 atom stereocenters. The summed E-state index contributed by atoms with van der Waals surface area (Å²) in [5, 5.41) is 2.36. The van der Waals surface area contributed by atoms with Crippen LogP contribution in [-0.4, -0.2) is 68.3 Å². The number of imidazole rings is 1. The van der Waals surface area contributed by atoms with Crippen LogP contribution in [0.15, 0.2) is 11.1 Å². The maximum Gasteiger partial charge on any atom is 0.303 e. The summed E-state index contributed by atoms with van der Waals surface area (Å²) in [7, 11) is 0. The largest absolute Gasteiger partial charge is 0.456 e. The first-order valence-corrected chi connectivity index (χ1v) is 9.44. The number of esters is 3. The summed E-state index contributed by atoms with van der Waals surface area (Å²) in [4.78, 5) is 69.3. The second-order valence-corrected chi connectivity index (χ2v) is 6.94. The lowest BCUT2D eigenvalue weighted by Gasteiger charge is -2.40. The number of ether oxygens (including phenoxy) is 4. The molecule has 0 aliphatic carbocycles. The van der Waals surface area contributed by atoms with Gasteiger partial charge in [0.05, 0.1) is 12.9 Å². The number of H-pyrrole nitrogens is 1. The molecular weight excluding hydrogens is 430 g/mol. The highest BCUT2D eigenvalue weighted by atomic mass is 16.6. The van der Waals surface area contributed by atoms with E-state index in [-0.39, 0.29) is 23.7 Å². The molecule has 1 aliphatic rings. The van der Waals surface area contributed by atoms with Gasteiger partial charge in [0.15, 0.2) is 35.7 Å². The highest BCUT2D eigenvalue weighted by molar-refractivity contribution is 5.87. The third-order valence-electron chi connectivity index (χ3n) is 4.32. The molecule has 3 rings (SSSR count). The molecule has 0 saturated carbocycles. The van der Waals surface area contributed by atoms with Gasteiger partial charge in [0, 0.05) is 27.7 Å². The van der Waals surface area contributed by atoms with Crippen LogP contribution in [0.2, 0.25) is 0 Å². The van der Waals surface area contributed by atoms with E-state index in [0.29, 0.717) is 0 Å². The Kier molecular flexibility index (Phi) is 6.53. The van der Waals surface area contributed by atoms with Crippen LogP contribution in [0.4, 0.5) is 5.95 Å². The van der Waals surface area contributed by atoms with Crippen LogP contribution in [0.1, 0.15) is 33.9 Å². The Morgan fingerprint density at radius 1 is 1.06 bits per heavy atom. The van der Waals surface area contributed by atoms with Gasteiger partial charge >= 0.3 is 17.9 Å². The van der Waals surface area contributed by atoms with Gasteiger partial charge in [0.2, 0.25) is 11.9 Å². The van der Waals surface area contributed by atoms with E-state index in [1.165, 1.54) is 24.7 Å². The normalized spacial score (nSPS) is 22.8. The molecule has 172 valence electrons. The minimum absolute atomic E-state index is 0.00663. The van der Waals surface area contributed by atoms with Crippen LogP contribution in [-0.2, 0) is 38.1 Å². The van der Waals surface area contributed by atoms with Gasteiger partial charge < -0.3 is 18.9 Å². The second-order valence-electron chi connectivity index (χ2n) is 6.94. The van der Waals surface area contributed by atoms with Crippen LogP contribution in [0.25, 0.3) is 11.2 Å². The molecule has 0 unspecified atom stereocenters. The van der Waals surface area contributed by atoms with E-state index in [0.717, 1.165) is 13.8 Å². The lowest BCUT2D eigenvalue weighted by molar-refractivity contribution is -0.239. The first kappa shape index (κ1) is 22.9. The number of anilines is 1. The van der Waals surface area contributed by atoms with Crippen molar-refractivity contribution in [3.05, 3.63) is 16.7 Å². The van der Waals surface area contributed by atoms with E-state index in [1.807, 2.05) is 0 Å². The fourth-order valence-corrected chi connectivity index (χ4v) is 3.30. The number of rotatable bonds is 5. The maximum atomic E-state index is 12.3. The smallest absolute Gasteiger partial charge is 0.303 e. The van der Waals surface area contributed by atoms with E-state index in [1.54, 1.807) is 0 Å². The van der Waals surface area contributed by atoms with Gasteiger partial charge in [0.1, 0.15) is 0 Å². The van der Waals surface area contributed by atoms with Crippen molar-refractivity contribution >= 4 is 40.9 Å². The van der Waals surface area contributed by atoms with Crippen molar-refractivity contribution in [2.75, 3.05) is 11.9 Å². The molecule has 0 radical (unpaired) electrons. The molecular formula is C18H21N5O9. The molecule has 1 fully saturated rings. The van der Waals surface area contributed by atoms with Crippen molar-refractivity contribution in [3.63, 3.8) is 0 Å².